The van der Waals surface area contributed by atoms with E-state index in [-0.39, 0.29) is 17.2 Å². The van der Waals surface area contributed by atoms with E-state index in [0.717, 1.165) is 38.9 Å². The molecule has 1 aliphatic heterocycles. The maximum Gasteiger partial charge on any atom is 0.407 e. The zero-order valence-corrected chi connectivity index (χ0v) is 12.6. The molecular formula is C15H25NO4. The van der Waals surface area contributed by atoms with Crippen molar-refractivity contribution in [1.29, 1.82) is 0 Å². The SMILES string of the molecule is CN(C(=O)O)[C@H]1C[C@@H]2CC3(C[C@@H]2C1)OCC(C)(C)CO3. The lowest BCUT2D eigenvalue weighted by molar-refractivity contribution is -0.297. The van der Waals surface area contributed by atoms with Crippen LogP contribution < -0.4 is 0 Å². The van der Waals surface area contributed by atoms with Crippen molar-refractivity contribution in [2.24, 2.45) is 17.3 Å². The molecule has 0 aromatic rings. The van der Waals surface area contributed by atoms with Crippen molar-refractivity contribution < 1.29 is 19.4 Å². The Kier molecular flexibility index (Phi) is 3.25. The van der Waals surface area contributed by atoms with Crippen LogP contribution in [-0.2, 0) is 9.47 Å². The van der Waals surface area contributed by atoms with E-state index in [1.54, 1.807) is 7.05 Å². The largest absolute Gasteiger partial charge is 0.465 e. The molecule has 0 aromatic carbocycles. The van der Waals surface area contributed by atoms with Crippen molar-refractivity contribution in [2.45, 2.75) is 51.4 Å². The Morgan fingerprint density at radius 2 is 1.65 bits per heavy atom. The lowest BCUT2D eigenvalue weighted by atomic mass is 9.94. The smallest absolute Gasteiger partial charge is 0.407 e. The van der Waals surface area contributed by atoms with Gasteiger partial charge in [-0.25, -0.2) is 4.79 Å². The Morgan fingerprint density at radius 1 is 1.15 bits per heavy atom. The highest BCUT2D eigenvalue weighted by Crippen LogP contribution is 2.53. The number of hydrogen-bond donors (Lipinski definition) is 1. The quantitative estimate of drug-likeness (QED) is 0.803. The summed E-state index contributed by atoms with van der Waals surface area (Å²) in [6, 6.07) is 0.167. The molecule has 3 fully saturated rings. The highest BCUT2D eigenvalue weighted by atomic mass is 16.7. The summed E-state index contributed by atoms with van der Waals surface area (Å²) >= 11 is 0. The van der Waals surface area contributed by atoms with Gasteiger partial charge in [0.25, 0.3) is 0 Å². The number of ether oxygens (including phenoxy) is 2. The standard InChI is InChI=1S/C15H25NO4/c1-14(2)8-19-15(20-9-14)6-10-4-12(5-11(10)7-15)16(3)13(17)18/h10-12H,4-9H2,1-3H3,(H,17,18)/t10-,11+,12+. The summed E-state index contributed by atoms with van der Waals surface area (Å²) in [6.07, 6.45) is 2.93. The maximum absolute atomic E-state index is 11.0. The number of carboxylic acid groups (broad SMARTS) is 1. The first-order chi connectivity index (χ1) is 9.30. The van der Waals surface area contributed by atoms with E-state index in [0.29, 0.717) is 11.8 Å². The molecule has 3 rings (SSSR count). The number of fused-ring (bicyclic) bond motifs is 1. The Morgan fingerprint density at radius 3 is 2.10 bits per heavy atom. The third-order valence-electron chi connectivity index (χ3n) is 5.26. The number of carbonyl (C=O) groups is 1. The van der Waals surface area contributed by atoms with E-state index in [1.807, 2.05) is 0 Å². The highest BCUT2D eigenvalue weighted by molar-refractivity contribution is 5.65. The monoisotopic (exact) mass is 283 g/mol. The zero-order valence-electron chi connectivity index (χ0n) is 12.6. The van der Waals surface area contributed by atoms with Crippen LogP contribution in [0, 0.1) is 17.3 Å². The molecule has 20 heavy (non-hydrogen) atoms. The second-order valence-electron chi connectivity index (χ2n) is 7.60. The number of rotatable bonds is 1. The molecule has 0 bridgehead atoms. The fourth-order valence-electron chi connectivity index (χ4n) is 4.01. The summed E-state index contributed by atoms with van der Waals surface area (Å²) in [6.45, 7) is 5.83. The lowest BCUT2D eigenvalue weighted by Gasteiger charge is -2.42. The minimum absolute atomic E-state index is 0.106. The average molecular weight is 283 g/mol. The van der Waals surface area contributed by atoms with Crippen molar-refractivity contribution in [2.75, 3.05) is 20.3 Å². The van der Waals surface area contributed by atoms with Crippen LogP contribution in [0.4, 0.5) is 4.79 Å². The van der Waals surface area contributed by atoms with Crippen LogP contribution in [0.25, 0.3) is 0 Å². The van der Waals surface area contributed by atoms with Gasteiger partial charge in [0, 0.05) is 31.3 Å². The summed E-state index contributed by atoms with van der Waals surface area (Å²) in [4.78, 5) is 12.5. The van der Waals surface area contributed by atoms with E-state index < -0.39 is 6.09 Å². The van der Waals surface area contributed by atoms with Crippen molar-refractivity contribution in [3.05, 3.63) is 0 Å². The van der Waals surface area contributed by atoms with Gasteiger partial charge in [0.2, 0.25) is 0 Å². The molecule has 2 saturated carbocycles. The average Bonchev–Trinajstić information content (AvgIpc) is 2.88. The van der Waals surface area contributed by atoms with Gasteiger partial charge in [0.15, 0.2) is 5.79 Å². The van der Waals surface area contributed by atoms with Gasteiger partial charge in [-0.15, -0.1) is 0 Å². The summed E-state index contributed by atoms with van der Waals surface area (Å²) in [7, 11) is 1.68. The van der Waals surface area contributed by atoms with Crippen molar-refractivity contribution in [3.8, 4) is 0 Å². The summed E-state index contributed by atoms with van der Waals surface area (Å²) in [5, 5.41) is 9.08. The Hall–Kier alpha value is -0.810. The van der Waals surface area contributed by atoms with Crippen molar-refractivity contribution >= 4 is 6.09 Å². The lowest BCUT2D eigenvalue weighted by Crippen LogP contribution is -2.46. The number of amides is 1. The van der Waals surface area contributed by atoms with Gasteiger partial charge in [0.1, 0.15) is 0 Å². The predicted molar refractivity (Wildman–Crippen MR) is 73.4 cm³/mol. The first-order valence-electron chi connectivity index (χ1n) is 7.54. The van der Waals surface area contributed by atoms with E-state index in [9.17, 15) is 4.79 Å². The van der Waals surface area contributed by atoms with Gasteiger partial charge in [-0.3, -0.25) is 0 Å². The highest BCUT2D eigenvalue weighted by Gasteiger charge is 2.54. The summed E-state index contributed by atoms with van der Waals surface area (Å²) < 4.78 is 12.1. The predicted octanol–water partition coefficient (Wildman–Crippen LogP) is 2.55. The molecule has 3 aliphatic rings. The topological polar surface area (TPSA) is 59.0 Å². The first-order valence-corrected chi connectivity index (χ1v) is 7.54. The van der Waals surface area contributed by atoms with Crippen LogP contribution in [0.5, 0.6) is 0 Å². The van der Waals surface area contributed by atoms with Gasteiger partial charge >= 0.3 is 6.09 Å². The van der Waals surface area contributed by atoms with Crippen LogP contribution in [-0.4, -0.2) is 48.2 Å². The normalized spacial score (nSPS) is 37.9. The summed E-state index contributed by atoms with van der Waals surface area (Å²) in [5.41, 5.74) is 0.106. The second-order valence-corrected chi connectivity index (χ2v) is 7.60. The van der Waals surface area contributed by atoms with E-state index in [1.165, 1.54) is 4.90 Å². The van der Waals surface area contributed by atoms with E-state index in [2.05, 4.69) is 13.8 Å². The number of nitrogens with zero attached hydrogens (tertiary/aromatic N) is 1. The van der Waals surface area contributed by atoms with Gasteiger partial charge in [0.05, 0.1) is 13.2 Å². The van der Waals surface area contributed by atoms with Crippen LogP contribution in [0.15, 0.2) is 0 Å². The molecular weight excluding hydrogens is 258 g/mol. The Labute approximate surface area is 120 Å². The van der Waals surface area contributed by atoms with Crippen LogP contribution in [0.1, 0.15) is 39.5 Å². The van der Waals surface area contributed by atoms with Gasteiger partial charge < -0.3 is 19.5 Å². The van der Waals surface area contributed by atoms with Gasteiger partial charge in [-0.1, -0.05) is 13.8 Å². The third-order valence-corrected chi connectivity index (χ3v) is 5.26. The molecule has 114 valence electrons. The van der Waals surface area contributed by atoms with Gasteiger partial charge in [-0.05, 0) is 24.7 Å². The molecule has 0 aromatic heterocycles. The molecule has 0 radical (unpaired) electrons. The molecule has 0 unspecified atom stereocenters. The minimum atomic E-state index is -0.823. The first kappa shape index (κ1) is 14.1. The molecule has 1 amide bonds. The fraction of sp³-hybridized carbons (Fsp3) is 0.933. The molecule has 1 saturated heterocycles. The molecule has 2 aliphatic carbocycles. The summed E-state index contributed by atoms with van der Waals surface area (Å²) in [5.74, 6) is 0.712. The molecule has 5 nitrogen and oxygen atoms in total. The fourth-order valence-corrected chi connectivity index (χ4v) is 4.01. The van der Waals surface area contributed by atoms with Crippen molar-refractivity contribution in [3.63, 3.8) is 0 Å². The molecule has 1 N–H and O–H groups in total. The van der Waals surface area contributed by atoms with E-state index in [4.69, 9.17) is 14.6 Å². The third kappa shape index (κ3) is 2.42. The number of hydrogen-bond acceptors (Lipinski definition) is 3. The van der Waals surface area contributed by atoms with Crippen LogP contribution >= 0.6 is 0 Å². The molecule has 1 heterocycles. The van der Waals surface area contributed by atoms with Crippen LogP contribution in [0.2, 0.25) is 0 Å². The maximum atomic E-state index is 11.0. The Balaban J connectivity index is 1.60. The molecule has 5 heteroatoms. The van der Waals surface area contributed by atoms with Crippen LogP contribution in [0.3, 0.4) is 0 Å². The van der Waals surface area contributed by atoms with E-state index >= 15 is 0 Å². The van der Waals surface area contributed by atoms with Crippen molar-refractivity contribution in [1.82, 2.24) is 4.90 Å². The minimum Gasteiger partial charge on any atom is -0.465 e. The molecule has 3 atom stereocenters. The zero-order chi connectivity index (χ0) is 14.5. The second kappa shape index (κ2) is 4.60. The van der Waals surface area contributed by atoms with Gasteiger partial charge in [-0.2, -0.15) is 0 Å². The molecule has 1 spiro atoms. The Bertz CT molecular complexity index is 383.